The molecule has 0 bridgehead atoms. The van der Waals surface area contributed by atoms with Crippen LogP contribution in [0, 0.1) is 0 Å². The summed E-state index contributed by atoms with van der Waals surface area (Å²) in [7, 11) is 0. The molecule has 1 N–H and O–H groups in total. The standard InChI is InChI=1S/C7H3ClF5NO/c8-4-2(5(9)10)1-3(7(11,12)13)14-6(4)15/h1,5H,(H,14,15). The first-order valence-electron chi connectivity index (χ1n) is 3.51. The molecule has 0 unspecified atom stereocenters. The number of nitrogens with one attached hydrogen (secondary N) is 1. The van der Waals surface area contributed by atoms with Gasteiger partial charge < -0.3 is 4.98 Å². The molecule has 8 heteroatoms. The van der Waals surface area contributed by atoms with E-state index >= 15 is 0 Å². The third-order valence-corrected chi connectivity index (χ3v) is 1.93. The van der Waals surface area contributed by atoms with Crippen LogP contribution in [0.1, 0.15) is 17.7 Å². The number of halogens is 6. The van der Waals surface area contributed by atoms with Gasteiger partial charge in [-0.05, 0) is 6.07 Å². The minimum Gasteiger partial charge on any atom is -0.317 e. The van der Waals surface area contributed by atoms with Crippen molar-refractivity contribution in [1.29, 1.82) is 0 Å². The van der Waals surface area contributed by atoms with Gasteiger partial charge in [-0.3, -0.25) is 4.79 Å². The van der Waals surface area contributed by atoms with Crippen LogP contribution >= 0.6 is 11.6 Å². The van der Waals surface area contributed by atoms with Crippen LogP contribution in [0.4, 0.5) is 22.0 Å². The maximum atomic E-state index is 12.2. The molecule has 0 saturated carbocycles. The lowest BCUT2D eigenvalue weighted by Crippen LogP contribution is -2.18. The number of aromatic amines is 1. The van der Waals surface area contributed by atoms with Gasteiger partial charge in [-0.1, -0.05) is 11.6 Å². The van der Waals surface area contributed by atoms with Crippen molar-refractivity contribution in [2.75, 3.05) is 0 Å². The van der Waals surface area contributed by atoms with Gasteiger partial charge in [0.2, 0.25) is 0 Å². The van der Waals surface area contributed by atoms with Crippen LogP contribution < -0.4 is 5.56 Å². The first kappa shape index (κ1) is 12.0. The summed E-state index contributed by atoms with van der Waals surface area (Å²) in [5.41, 5.74) is -4.07. The molecule has 1 rings (SSSR count). The molecule has 15 heavy (non-hydrogen) atoms. The summed E-state index contributed by atoms with van der Waals surface area (Å²) in [5, 5.41) is -0.932. The van der Waals surface area contributed by atoms with E-state index in [-0.39, 0.29) is 6.07 Å². The predicted molar refractivity (Wildman–Crippen MR) is 42.0 cm³/mol. The fraction of sp³-hybridized carbons (Fsp3) is 0.286. The van der Waals surface area contributed by atoms with Gasteiger partial charge in [-0.2, -0.15) is 13.2 Å². The van der Waals surface area contributed by atoms with Crippen LogP contribution in [0.5, 0.6) is 0 Å². The van der Waals surface area contributed by atoms with E-state index in [9.17, 15) is 26.7 Å². The van der Waals surface area contributed by atoms with Crippen LogP contribution in [0.15, 0.2) is 10.9 Å². The van der Waals surface area contributed by atoms with Gasteiger partial charge in [-0.25, -0.2) is 8.78 Å². The third-order valence-electron chi connectivity index (χ3n) is 1.54. The minimum atomic E-state index is -4.90. The van der Waals surface area contributed by atoms with E-state index < -0.39 is 34.4 Å². The zero-order chi connectivity index (χ0) is 11.8. The zero-order valence-corrected chi connectivity index (χ0v) is 7.59. The first-order valence-corrected chi connectivity index (χ1v) is 3.89. The third kappa shape index (κ3) is 2.47. The zero-order valence-electron chi connectivity index (χ0n) is 6.83. The molecule has 0 atom stereocenters. The Balaban J connectivity index is 3.43. The Morgan fingerprint density at radius 1 is 1.33 bits per heavy atom. The Morgan fingerprint density at radius 2 is 1.87 bits per heavy atom. The maximum Gasteiger partial charge on any atom is 0.431 e. The molecule has 1 aromatic heterocycles. The first-order chi connectivity index (χ1) is 6.73. The van der Waals surface area contributed by atoms with Gasteiger partial charge in [0.25, 0.3) is 12.0 Å². The summed E-state index contributed by atoms with van der Waals surface area (Å²) >= 11 is 5.12. The van der Waals surface area contributed by atoms with Gasteiger partial charge in [-0.15, -0.1) is 0 Å². The fourth-order valence-corrected chi connectivity index (χ4v) is 1.06. The van der Waals surface area contributed by atoms with E-state index in [0.717, 1.165) is 0 Å². The molecule has 0 aliphatic carbocycles. The van der Waals surface area contributed by atoms with Gasteiger partial charge in [0, 0.05) is 5.56 Å². The lowest BCUT2D eigenvalue weighted by atomic mass is 10.2. The van der Waals surface area contributed by atoms with Crippen LogP contribution in [-0.4, -0.2) is 4.98 Å². The van der Waals surface area contributed by atoms with Gasteiger partial charge in [0.05, 0.1) is 0 Å². The van der Waals surface area contributed by atoms with E-state index in [0.29, 0.717) is 0 Å². The monoisotopic (exact) mass is 247 g/mol. The van der Waals surface area contributed by atoms with Crippen molar-refractivity contribution in [2.45, 2.75) is 12.6 Å². The number of rotatable bonds is 1. The van der Waals surface area contributed by atoms with Crippen molar-refractivity contribution in [3.05, 3.63) is 32.7 Å². The quantitative estimate of drug-likeness (QED) is 0.761. The summed E-state index contributed by atoms with van der Waals surface area (Å²) in [4.78, 5) is 12.2. The maximum absolute atomic E-state index is 12.2. The normalized spacial score (nSPS) is 12.2. The van der Waals surface area contributed by atoms with Crippen LogP contribution in [0.25, 0.3) is 0 Å². The predicted octanol–water partition coefficient (Wildman–Crippen LogP) is 2.98. The molecule has 0 amide bonds. The molecule has 0 radical (unpaired) electrons. The fourth-order valence-electron chi connectivity index (χ4n) is 0.875. The number of hydrogen-bond acceptors (Lipinski definition) is 1. The number of aromatic nitrogens is 1. The molecule has 1 aromatic rings. The largest absolute Gasteiger partial charge is 0.431 e. The summed E-state index contributed by atoms with van der Waals surface area (Å²) in [6, 6.07) is 0.119. The van der Waals surface area contributed by atoms with Crippen LogP contribution in [0.3, 0.4) is 0 Å². The van der Waals surface area contributed by atoms with E-state index in [4.69, 9.17) is 11.6 Å². The average molecular weight is 248 g/mol. The Hall–Kier alpha value is -1.11. The molecule has 0 fully saturated rings. The SMILES string of the molecule is O=c1[nH]c(C(F)(F)F)cc(C(F)F)c1Cl. The Bertz CT molecular complexity index is 424. The summed E-state index contributed by atoms with van der Waals surface area (Å²) < 4.78 is 60.6. The van der Waals surface area contributed by atoms with Crippen molar-refractivity contribution in [3.63, 3.8) is 0 Å². The smallest absolute Gasteiger partial charge is 0.317 e. The molecule has 0 saturated heterocycles. The number of alkyl halides is 5. The highest BCUT2D eigenvalue weighted by atomic mass is 35.5. The second-order valence-electron chi connectivity index (χ2n) is 2.58. The lowest BCUT2D eigenvalue weighted by molar-refractivity contribution is -0.141. The highest BCUT2D eigenvalue weighted by Crippen LogP contribution is 2.31. The summed E-state index contributed by atoms with van der Waals surface area (Å²) in [6.45, 7) is 0. The van der Waals surface area contributed by atoms with Crippen molar-refractivity contribution in [1.82, 2.24) is 4.98 Å². The topological polar surface area (TPSA) is 32.9 Å². The van der Waals surface area contributed by atoms with E-state index in [1.165, 1.54) is 4.98 Å². The molecule has 0 aliphatic rings. The van der Waals surface area contributed by atoms with Crippen LogP contribution in [-0.2, 0) is 6.18 Å². The van der Waals surface area contributed by atoms with Crippen molar-refractivity contribution >= 4 is 11.6 Å². The second kappa shape index (κ2) is 3.80. The van der Waals surface area contributed by atoms with Crippen LogP contribution in [0.2, 0.25) is 5.02 Å². The number of pyridine rings is 1. The van der Waals surface area contributed by atoms with Gasteiger partial charge in [0.1, 0.15) is 10.7 Å². The Kier molecular flexibility index (Phi) is 3.03. The molecule has 0 aliphatic heterocycles. The molecule has 0 aromatic carbocycles. The highest BCUT2D eigenvalue weighted by Gasteiger charge is 2.33. The van der Waals surface area contributed by atoms with Gasteiger partial charge in [0.15, 0.2) is 0 Å². The molecule has 0 spiro atoms. The highest BCUT2D eigenvalue weighted by molar-refractivity contribution is 6.31. The van der Waals surface area contributed by atoms with E-state index in [2.05, 4.69) is 0 Å². The molecule has 1 heterocycles. The number of hydrogen-bond donors (Lipinski definition) is 1. The summed E-state index contributed by atoms with van der Waals surface area (Å²) in [6.07, 6.45) is -8.13. The van der Waals surface area contributed by atoms with E-state index in [1.807, 2.05) is 0 Å². The molecular weight excluding hydrogens is 245 g/mol. The van der Waals surface area contributed by atoms with Crippen molar-refractivity contribution < 1.29 is 22.0 Å². The minimum absolute atomic E-state index is 0.119. The molecule has 84 valence electrons. The Morgan fingerprint density at radius 3 is 2.27 bits per heavy atom. The lowest BCUT2D eigenvalue weighted by Gasteiger charge is -2.09. The Labute approximate surface area is 84.7 Å². The van der Waals surface area contributed by atoms with Crippen molar-refractivity contribution in [3.8, 4) is 0 Å². The molecule has 2 nitrogen and oxygen atoms in total. The summed E-state index contributed by atoms with van der Waals surface area (Å²) in [5.74, 6) is 0. The second-order valence-corrected chi connectivity index (χ2v) is 2.96. The van der Waals surface area contributed by atoms with Crippen molar-refractivity contribution in [2.24, 2.45) is 0 Å². The average Bonchev–Trinajstić information content (AvgIpc) is 2.06. The number of H-pyrrole nitrogens is 1. The van der Waals surface area contributed by atoms with E-state index in [1.54, 1.807) is 0 Å². The molecular formula is C7H3ClF5NO. The van der Waals surface area contributed by atoms with Gasteiger partial charge >= 0.3 is 6.18 Å².